The third kappa shape index (κ3) is 3.49. The molecule has 5 heteroatoms. The first-order valence-corrected chi connectivity index (χ1v) is 7.05. The largest absolute Gasteiger partial charge is 0.314 e. The van der Waals surface area contributed by atoms with Crippen LogP contribution in [0.4, 0.5) is 0 Å². The van der Waals surface area contributed by atoms with Crippen molar-refractivity contribution in [3.8, 4) is 0 Å². The van der Waals surface area contributed by atoms with Crippen LogP contribution in [0.3, 0.4) is 0 Å². The van der Waals surface area contributed by atoms with Crippen LogP contribution < -0.4 is 5.32 Å². The molecule has 0 aromatic carbocycles. The minimum atomic E-state index is 0.792. The Bertz CT molecular complexity index is 307. The SMILES string of the molecule is Cn1cnnc1SCCCNC1CCCC1. The monoisotopic (exact) mass is 240 g/mol. The van der Waals surface area contributed by atoms with E-state index < -0.39 is 0 Å². The normalized spacial score (nSPS) is 17.1. The van der Waals surface area contributed by atoms with Crippen molar-refractivity contribution >= 4 is 11.8 Å². The average molecular weight is 240 g/mol. The van der Waals surface area contributed by atoms with Crippen LogP contribution in [0.15, 0.2) is 11.5 Å². The number of hydrogen-bond acceptors (Lipinski definition) is 4. The van der Waals surface area contributed by atoms with E-state index in [1.807, 2.05) is 11.6 Å². The Morgan fingerprint density at radius 1 is 1.50 bits per heavy atom. The lowest BCUT2D eigenvalue weighted by Gasteiger charge is -2.10. The molecule has 0 spiro atoms. The zero-order valence-corrected chi connectivity index (χ0v) is 10.7. The topological polar surface area (TPSA) is 42.7 Å². The van der Waals surface area contributed by atoms with Gasteiger partial charge in [-0.3, -0.25) is 0 Å². The van der Waals surface area contributed by atoms with E-state index in [-0.39, 0.29) is 0 Å². The molecule has 1 aromatic rings. The molecule has 16 heavy (non-hydrogen) atoms. The Morgan fingerprint density at radius 2 is 2.31 bits per heavy atom. The van der Waals surface area contributed by atoms with E-state index in [9.17, 15) is 0 Å². The van der Waals surface area contributed by atoms with Crippen LogP contribution in [0.1, 0.15) is 32.1 Å². The molecule has 1 N–H and O–H groups in total. The molecule has 1 fully saturated rings. The lowest BCUT2D eigenvalue weighted by atomic mass is 10.2. The van der Waals surface area contributed by atoms with E-state index in [1.165, 1.54) is 32.1 Å². The zero-order valence-electron chi connectivity index (χ0n) is 9.85. The molecule has 4 nitrogen and oxygen atoms in total. The zero-order chi connectivity index (χ0) is 11.2. The van der Waals surface area contributed by atoms with Gasteiger partial charge in [-0.15, -0.1) is 10.2 Å². The highest BCUT2D eigenvalue weighted by Gasteiger charge is 2.13. The van der Waals surface area contributed by atoms with Gasteiger partial charge in [0.25, 0.3) is 0 Å². The van der Waals surface area contributed by atoms with Crippen LogP contribution in [-0.4, -0.2) is 33.1 Å². The van der Waals surface area contributed by atoms with Gasteiger partial charge in [-0.1, -0.05) is 24.6 Å². The lowest BCUT2D eigenvalue weighted by molar-refractivity contribution is 0.524. The maximum absolute atomic E-state index is 4.05. The predicted octanol–water partition coefficient (Wildman–Crippen LogP) is 1.83. The standard InChI is InChI=1S/C11H20N4S/c1-15-9-13-14-11(15)16-8-4-7-12-10-5-2-3-6-10/h9-10,12H,2-8H2,1H3. The number of nitrogens with zero attached hydrogens (tertiary/aromatic N) is 3. The summed E-state index contributed by atoms with van der Waals surface area (Å²) in [4.78, 5) is 0. The first-order valence-electron chi connectivity index (χ1n) is 6.06. The van der Waals surface area contributed by atoms with E-state index in [4.69, 9.17) is 0 Å². The Balaban J connectivity index is 1.53. The molecule has 0 unspecified atom stereocenters. The van der Waals surface area contributed by atoms with Gasteiger partial charge in [0.05, 0.1) is 0 Å². The molecule has 0 amide bonds. The fraction of sp³-hybridized carbons (Fsp3) is 0.818. The molecule has 0 atom stereocenters. The third-order valence-electron chi connectivity index (χ3n) is 3.01. The maximum atomic E-state index is 4.05. The van der Waals surface area contributed by atoms with Crippen molar-refractivity contribution in [1.82, 2.24) is 20.1 Å². The number of nitrogens with one attached hydrogen (secondary N) is 1. The molecule has 1 aliphatic rings. The number of aromatic nitrogens is 3. The van der Waals surface area contributed by atoms with Crippen LogP contribution in [0, 0.1) is 0 Å². The molecule has 0 bridgehead atoms. The first-order chi connectivity index (χ1) is 7.86. The fourth-order valence-electron chi connectivity index (χ4n) is 2.08. The van der Waals surface area contributed by atoms with Crippen molar-refractivity contribution < 1.29 is 0 Å². The van der Waals surface area contributed by atoms with Gasteiger partial charge in [0.2, 0.25) is 0 Å². The quantitative estimate of drug-likeness (QED) is 0.608. The van der Waals surface area contributed by atoms with Gasteiger partial charge in [0.1, 0.15) is 6.33 Å². The number of aryl methyl sites for hydroxylation is 1. The summed E-state index contributed by atoms with van der Waals surface area (Å²) in [5.74, 6) is 1.12. The van der Waals surface area contributed by atoms with Gasteiger partial charge in [0, 0.05) is 18.8 Å². The second-order valence-electron chi connectivity index (χ2n) is 4.36. The average Bonchev–Trinajstić information content (AvgIpc) is 2.90. The molecular formula is C11H20N4S. The van der Waals surface area contributed by atoms with Crippen molar-refractivity contribution in [2.45, 2.75) is 43.3 Å². The number of thioether (sulfide) groups is 1. The summed E-state index contributed by atoms with van der Waals surface area (Å²) in [6.07, 6.45) is 8.51. The van der Waals surface area contributed by atoms with Crippen molar-refractivity contribution in [3.05, 3.63) is 6.33 Å². The van der Waals surface area contributed by atoms with Crippen LogP contribution in [0.25, 0.3) is 0 Å². The van der Waals surface area contributed by atoms with Crippen molar-refractivity contribution in [2.24, 2.45) is 7.05 Å². The first kappa shape index (κ1) is 11.9. The molecule has 0 radical (unpaired) electrons. The van der Waals surface area contributed by atoms with Crippen LogP contribution in [0.2, 0.25) is 0 Å². The predicted molar refractivity (Wildman–Crippen MR) is 66.6 cm³/mol. The van der Waals surface area contributed by atoms with Gasteiger partial charge in [-0.05, 0) is 25.8 Å². The molecule has 1 aromatic heterocycles. The Kier molecular flexibility index (Phi) is 4.66. The number of rotatable bonds is 6. The Morgan fingerprint density at radius 3 is 3.00 bits per heavy atom. The van der Waals surface area contributed by atoms with Gasteiger partial charge in [-0.25, -0.2) is 0 Å². The van der Waals surface area contributed by atoms with Crippen molar-refractivity contribution in [1.29, 1.82) is 0 Å². The van der Waals surface area contributed by atoms with Gasteiger partial charge >= 0.3 is 0 Å². The Hall–Kier alpha value is -0.550. The molecular weight excluding hydrogens is 220 g/mol. The molecule has 1 heterocycles. The van der Waals surface area contributed by atoms with Gasteiger partial charge in [0.15, 0.2) is 5.16 Å². The summed E-state index contributed by atoms with van der Waals surface area (Å²) in [5.41, 5.74) is 0. The smallest absolute Gasteiger partial charge is 0.190 e. The maximum Gasteiger partial charge on any atom is 0.190 e. The highest BCUT2D eigenvalue weighted by Crippen LogP contribution is 2.18. The molecule has 0 saturated heterocycles. The minimum Gasteiger partial charge on any atom is -0.314 e. The molecule has 0 aliphatic heterocycles. The highest BCUT2D eigenvalue weighted by atomic mass is 32.2. The number of hydrogen-bond donors (Lipinski definition) is 1. The van der Waals surface area contributed by atoms with Gasteiger partial charge < -0.3 is 9.88 Å². The van der Waals surface area contributed by atoms with Crippen LogP contribution >= 0.6 is 11.8 Å². The summed E-state index contributed by atoms with van der Waals surface area (Å²) in [7, 11) is 1.99. The summed E-state index contributed by atoms with van der Waals surface area (Å²) < 4.78 is 1.97. The third-order valence-corrected chi connectivity index (χ3v) is 4.13. The molecule has 1 saturated carbocycles. The van der Waals surface area contributed by atoms with E-state index in [0.717, 1.165) is 23.5 Å². The summed E-state index contributed by atoms with van der Waals surface area (Å²) in [6, 6.07) is 0.792. The fourth-order valence-corrected chi connectivity index (χ4v) is 2.90. The second-order valence-corrected chi connectivity index (χ2v) is 5.42. The Labute approximate surface area is 101 Å². The van der Waals surface area contributed by atoms with Crippen LogP contribution in [-0.2, 0) is 7.05 Å². The minimum absolute atomic E-state index is 0.792. The highest BCUT2D eigenvalue weighted by molar-refractivity contribution is 7.99. The second kappa shape index (κ2) is 6.25. The molecule has 1 aliphatic carbocycles. The van der Waals surface area contributed by atoms with Crippen molar-refractivity contribution in [3.63, 3.8) is 0 Å². The lowest BCUT2D eigenvalue weighted by Crippen LogP contribution is -2.27. The summed E-state index contributed by atoms with van der Waals surface area (Å²) in [6.45, 7) is 1.13. The van der Waals surface area contributed by atoms with Crippen molar-refractivity contribution in [2.75, 3.05) is 12.3 Å². The van der Waals surface area contributed by atoms with E-state index in [2.05, 4.69) is 15.5 Å². The molecule has 2 rings (SSSR count). The van der Waals surface area contributed by atoms with E-state index in [0.29, 0.717) is 0 Å². The molecule has 90 valence electrons. The van der Waals surface area contributed by atoms with Crippen LogP contribution in [0.5, 0.6) is 0 Å². The summed E-state index contributed by atoms with van der Waals surface area (Å²) >= 11 is 1.79. The van der Waals surface area contributed by atoms with E-state index >= 15 is 0 Å². The summed E-state index contributed by atoms with van der Waals surface area (Å²) in [5, 5.41) is 12.5. The van der Waals surface area contributed by atoms with E-state index in [1.54, 1.807) is 18.1 Å². The van der Waals surface area contributed by atoms with Gasteiger partial charge in [-0.2, -0.15) is 0 Å².